The standard InChI is InChI=1S/C9H11N3O4/c1-9(8(13)14,6-2-3-6)11-5-4-7(10-11)12(15)16/h4-6H,2-3H2,1H3,(H,13,14). The van der Waals surface area contributed by atoms with Crippen LogP contribution in [-0.2, 0) is 10.3 Å². The molecule has 1 N–H and O–H groups in total. The maximum atomic E-state index is 11.3. The predicted octanol–water partition coefficient (Wildman–Crippen LogP) is 1.00. The summed E-state index contributed by atoms with van der Waals surface area (Å²) in [4.78, 5) is 21.1. The van der Waals surface area contributed by atoms with Crippen molar-refractivity contribution in [3.8, 4) is 0 Å². The lowest BCUT2D eigenvalue weighted by Crippen LogP contribution is -2.41. The van der Waals surface area contributed by atoms with Crippen LogP contribution in [0.15, 0.2) is 12.3 Å². The Morgan fingerprint density at radius 1 is 1.75 bits per heavy atom. The minimum Gasteiger partial charge on any atom is -0.479 e. The average Bonchev–Trinajstić information content (AvgIpc) is 2.93. The minimum atomic E-state index is -1.17. The van der Waals surface area contributed by atoms with Crippen molar-refractivity contribution in [2.75, 3.05) is 0 Å². The second-order valence-corrected chi connectivity index (χ2v) is 4.10. The lowest BCUT2D eigenvalue weighted by atomic mass is 9.96. The van der Waals surface area contributed by atoms with Gasteiger partial charge in [-0.2, -0.15) is 4.68 Å². The third kappa shape index (κ3) is 1.44. The molecule has 7 heteroatoms. The van der Waals surface area contributed by atoms with Crippen LogP contribution in [0.3, 0.4) is 0 Å². The SMILES string of the molecule is CC(C(=O)O)(C1CC1)n1ccc([N+](=O)[O-])n1. The zero-order chi connectivity index (χ0) is 11.9. The average molecular weight is 225 g/mol. The van der Waals surface area contributed by atoms with Crippen molar-refractivity contribution in [2.24, 2.45) is 5.92 Å². The second kappa shape index (κ2) is 3.29. The molecular weight excluding hydrogens is 214 g/mol. The summed E-state index contributed by atoms with van der Waals surface area (Å²) in [7, 11) is 0. The summed E-state index contributed by atoms with van der Waals surface area (Å²) in [5.41, 5.74) is -1.17. The molecule has 1 atom stereocenters. The Balaban J connectivity index is 2.39. The summed E-state index contributed by atoms with van der Waals surface area (Å²) >= 11 is 0. The van der Waals surface area contributed by atoms with Crippen LogP contribution in [0.25, 0.3) is 0 Å². The Labute approximate surface area is 90.8 Å². The molecule has 0 amide bonds. The lowest BCUT2D eigenvalue weighted by molar-refractivity contribution is -0.389. The Kier molecular flexibility index (Phi) is 2.18. The van der Waals surface area contributed by atoms with E-state index in [1.165, 1.54) is 16.9 Å². The van der Waals surface area contributed by atoms with E-state index >= 15 is 0 Å². The quantitative estimate of drug-likeness (QED) is 0.608. The van der Waals surface area contributed by atoms with Gasteiger partial charge < -0.3 is 15.2 Å². The third-order valence-corrected chi connectivity index (χ3v) is 3.04. The number of aromatic nitrogens is 2. The van der Waals surface area contributed by atoms with Gasteiger partial charge in [0.2, 0.25) is 0 Å². The molecule has 0 radical (unpaired) electrons. The maximum Gasteiger partial charge on any atom is 0.389 e. The fraction of sp³-hybridized carbons (Fsp3) is 0.556. The van der Waals surface area contributed by atoms with E-state index in [-0.39, 0.29) is 11.7 Å². The molecule has 1 aliphatic carbocycles. The normalized spacial score (nSPS) is 19.1. The van der Waals surface area contributed by atoms with Crippen molar-refractivity contribution in [3.63, 3.8) is 0 Å². The molecule has 1 fully saturated rings. The Bertz CT molecular complexity index is 451. The molecule has 0 aromatic carbocycles. The van der Waals surface area contributed by atoms with Gasteiger partial charge in [-0.25, -0.2) is 4.79 Å². The van der Waals surface area contributed by atoms with Crippen molar-refractivity contribution in [1.82, 2.24) is 9.78 Å². The Hall–Kier alpha value is -1.92. The van der Waals surface area contributed by atoms with Crippen LogP contribution < -0.4 is 0 Å². The van der Waals surface area contributed by atoms with E-state index in [1.54, 1.807) is 6.92 Å². The van der Waals surface area contributed by atoms with E-state index in [4.69, 9.17) is 0 Å². The van der Waals surface area contributed by atoms with Crippen LogP contribution in [0.1, 0.15) is 19.8 Å². The minimum absolute atomic E-state index is 0.00417. The number of carboxylic acid groups (broad SMARTS) is 1. The van der Waals surface area contributed by atoms with Gasteiger partial charge in [-0.15, -0.1) is 0 Å². The first kappa shape index (κ1) is 10.6. The van der Waals surface area contributed by atoms with Gasteiger partial charge in [0.05, 0.1) is 17.4 Å². The van der Waals surface area contributed by atoms with E-state index in [0.717, 1.165) is 12.8 Å². The topological polar surface area (TPSA) is 98.3 Å². The van der Waals surface area contributed by atoms with E-state index in [1.807, 2.05) is 0 Å². The van der Waals surface area contributed by atoms with Crippen LogP contribution in [0.4, 0.5) is 5.82 Å². The molecule has 16 heavy (non-hydrogen) atoms. The van der Waals surface area contributed by atoms with Crippen molar-refractivity contribution in [2.45, 2.75) is 25.3 Å². The number of aliphatic carboxylic acids is 1. The molecule has 0 bridgehead atoms. The first-order valence-corrected chi connectivity index (χ1v) is 4.90. The van der Waals surface area contributed by atoms with Crippen molar-refractivity contribution in [1.29, 1.82) is 0 Å². The first-order valence-electron chi connectivity index (χ1n) is 4.90. The Morgan fingerprint density at radius 2 is 2.38 bits per heavy atom. The molecule has 1 saturated carbocycles. The van der Waals surface area contributed by atoms with Crippen LogP contribution >= 0.6 is 0 Å². The largest absolute Gasteiger partial charge is 0.479 e. The van der Waals surface area contributed by atoms with Crippen molar-refractivity contribution in [3.05, 3.63) is 22.4 Å². The number of nitrogens with zero attached hydrogens (tertiary/aromatic N) is 3. The third-order valence-electron chi connectivity index (χ3n) is 3.04. The van der Waals surface area contributed by atoms with Crippen LogP contribution in [0, 0.1) is 16.0 Å². The number of carbonyl (C=O) groups is 1. The van der Waals surface area contributed by atoms with Crippen LogP contribution in [0.5, 0.6) is 0 Å². The van der Waals surface area contributed by atoms with E-state index in [9.17, 15) is 20.0 Å². The van der Waals surface area contributed by atoms with Crippen LogP contribution in [0.2, 0.25) is 0 Å². The van der Waals surface area contributed by atoms with Gasteiger partial charge in [0.15, 0.2) is 5.54 Å². The van der Waals surface area contributed by atoms with E-state index < -0.39 is 16.4 Å². The molecular formula is C9H11N3O4. The zero-order valence-corrected chi connectivity index (χ0v) is 8.66. The van der Waals surface area contributed by atoms with Gasteiger partial charge in [-0.3, -0.25) is 0 Å². The Morgan fingerprint density at radius 3 is 2.75 bits per heavy atom. The summed E-state index contributed by atoms with van der Waals surface area (Å²) in [6.07, 6.45) is 2.98. The number of hydrogen-bond acceptors (Lipinski definition) is 4. The number of carboxylic acids is 1. The fourth-order valence-corrected chi connectivity index (χ4v) is 1.78. The highest BCUT2D eigenvalue weighted by Gasteiger charge is 2.51. The molecule has 0 saturated heterocycles. The van der Waals surface area contributed by atoms with Gasteiger partial charge in [-0.05, 0) is 30.6 Å². The molecule has 1 heterocycles. The molecule has 1 aliphatic rings. The maximum absolute atomic E-state index is 11.3. The highest BCUT2D eigenvalue weighted by Crippen LogP contribution is 2.44. The van der Waals surface area contributed by atoms with Gasteiger partial charge in [0.1, 0.15) is 0 Å². The van der Waals surface area contributed by atoms with Gasteiger partial charge in [0.25, 0.3) is 0 Å². The van der Waals surface area contributed by atoms with Gasteiger partial charge in [0, 0.05) is 0 Å². The predicted molar refractivity (Wildman–Crippen MR) is 52.9 cm³/mol. The molecule has 1 unspecified atom stereocenters. The molecule has 1 aromatic heterocycles. The van der Waals surface area contributed by atoms with E-state index in [0.29, 0.717) is 0 Å². The summed E-state index contributed by atoms with van der Waals surface area (Å²) in [5, 5.41) is 23.4. The summed E-state index contributed by atoms with van der Waals surface area (Å²) in [5.74, 6) is -1.33. The second-order valence-electron chi connectivity index (χ2n) is 4.10. The number of hydrogen-bond donors (Lipinski definition) is 1. The highest BCUT2D eigenvalue weighted by atomic mass is 16.6. The van der Waals surface area contributed by atoms with Gasteiger partial charge in [-0.1, -0.05) is 0 Å². The molecule has 0 spiro atoms. The molecule has 1 aromatic rings. The number of nitro groups is 1. The van der Waals surface area contributed by atoms with Crippen molar-refractivity contribution < 1.29 is 14.8 Å². The molecule has 2 rings (SSSR count). The summed E-state index contributed by atoms with van der Waals surface area (Å²) in [6, 6.07) is 1.21. The molecule has 86 valence electrons. The monoisotopic (exact) mass is 225 g/mol. The zero-order valence-electron chi connectivity index (χ0n) is 8.66. The summed E-state index contributed by atoms with van der Waals surface area (Å²) < 4.78 is 1.19. The van der Waals surface area contributed by atoms with Gasteiger partial charge >= 0.3 is 11.8 Å². The van der Waals surface area contributed by atoms with Crippen LogP contribution in [-0.4, -0.2) is 25.8 Å². The number of rotatable bonds is 4. The summed E-state index contributed by atoms with van der Waals surface area (Å²) in [6.45, 7) is 1.55. The van der Waals surface area contributed by atoms with Crippen molar-refractivity contribution >= 4 is 11.8 Å². The molecule has 7 nitrogen and oxygen atoms in total. The lowest BCUT2D eigenvalue weighted by Gasteiger charge is -2.21. The first-order chi connectivity index (χ1) is 7.46. The fourth-order valence-electron chi connectivity index (χ4n) is 1.78. The van der Waals surface area contributed by atoms with E-state index in [2.05, 4.69) is 5.10 Å². The molecule has 0 aliphatic heterocycles. The smallest absolute Gasteiger partial charge is 0.389 e. The highest BCUT2D eigenvalue weighted by molar-refractivity contribution is 5.77.